The van der Waals surface area contributed by atoms with E-state index in [2.05, 4.69) is 42.4 Å². The van der Waals surface area contributed by atoms with Crippen LogP contribution in [0.4, 0.5) is 0 Å². The summed E-state index contributed by atoms with van der Waals surface area (Å²) in [7, 11) is 0. The van der Waals surface area contributed by atoms with Gasteiger partial charge in [0, 0.05) is 5.56 Å². The predicted octanol–water partition coefficient (Wildman–Crippen LogP) is 2.98. The molecule has 1 amide bonds. The van der Waals surface area contributed by atoms with Gasteiger partial charge in [-0.3, -0.25) is 4.79 Å². The number of aromatic hydroxyl groups is 2. The molecule has 3 N–H and O–H groups in total. The fraction of sp³-hybridized carbons (Fsp3) is 0. The Morgan fingerprint density at radius 1 is 1.35 bits per heavy atom. The highest BCUT2D eigenvalue weighted by atomic mass is 79.9. The van der Waals surface area contributed by atoms with Crippen molar-refractivity contribution in [1.82, 2.24) is 5.43 Å². The summed E-state index contributed by atoms with van der Waals surface area (Å²) in [6, 6.07) is 4.53. The molecule has 0 atom stereocenters. The van der Waals surface area contributed by atoms with Crippen LogP contribution in [0.15, 0.2) is 42.9 Å². The lowest BCUT2D eigenvalue weighted by Gasteiger charge is -2.06. The number of phenols is 2. The van der Waals surface area contributed by atoms with Gasteiger partial charge in [-0.05, 0) is 50.1 Å². The minimum atomic E-state index is -0.511. The summed E-state index contributed by atoms with van der Waals surface area (Å²) < 4.78 is 5.40. The molecule has 0 aliphatic rings. The van der Waals surface area contributed by atoms with Crippen LogP contribution in [0.3, 0.4) is 0 Å². The summed E-state index contributed by atoms with van der Waals surface area (Å²) in [6.07, 6.45) is 2.61. The first-order valence-corrected chi connectivity index (χ1v) is 6.86. The van der Waals surface area contributed by atoms with Crippen molar-refractivity contribution in [3.8, 4) is 11.5 Å². The van der Waals surface area contributed by atoms with Crippen molar-refractivity contribution in [1.29, 1.82) is 0 Å². The number of furan rings is 1. The summed E-state index contributed by atoms with van der Waals surface area (Å²) >= 11 is 6.17. The molecule has 0 radical (unpaired) electrons. The van der Waals surface area contributed by atoms with Gasteiger partial charge in [-0.25, -0.2) is 5.43 Å². The molecular formula is C12H8Br2N2O4. The molecule has 0 aliphatic heterocycles. The molecule has 1 aromatic carbocycles. The Hall–Kier alpha value is -1.80. The van der Waals surface area contributed by atoms with Crippen molar-refractivity contribution in [3.63, 3.8) is 0 Å². The van der Waals surface area contributed by atoms with E-state index in [9.17, 15) is 15.0 Å². The molecule has 8 heteroatoms. The molecule has 0 spiro atoms. The number of nitrogens with zero attached hydrogens (tertiary/aromatic N) is 1. The fourth-order valence-corrected chi connectivity index (χ4v) is 2.49. The molecule has 104 valence electrons. The van der Waals surface area contributed by atoms with Gasteiger partial charge in [-0.2, -0.15) is 5.10 Å². The van der Waals surface area contributed by atoms with Crippen LogP contribution in [0.25, 0.3) is 0 Å². The van der Waals surface area contributed by atoms with Gasteiger partial charge in [0.05, 0.1) is 17.0 Å². The minimum absolute atomic E-state index is 0.124. The van der Waals surface area contributed by atoms with Crippen molar-refractivity contribution >= 4 is 44.0 Å². The Labute approximate surface area is 130 Å². The van der Waals surface area contributed by atoms with Crippen LogP contribution in [-0.2, 0) is 0 Å². The Bertz CT molecular complexity index is 669. The average Bonchev–Trinajstić information content (AvgIpc) is 2.96. The van der Waals surface area contributed by atoms with E-state index in [1.54, 1.807) is 6.07 Å². The highest BCUT2D eigenvalue weighted by Gasteiger charge is 2.13. The zero-order chi connectivity index (χ0) is 14.7. The first-order chi connectivity index (χ1) is 9.50. The summed E-state index contributed by atoms with van der Waals surface area (Å²) in [6.45, 7) is 0. The maximum Gasteiger partial charge on any atom is 0.307 e. The Kier molecular flexibility index (Phi) is 4.46. The molecule has 1 aromatic heterocycles. The van der Waals surface area contributed by atoms with E-state index in [1.807, 2.05) is 0 Å². The third-order valence-corrected chi connectivity index (χ3v) is 3.67. The Balaban J connectivity index is 2.14. The standard InChI is InChI=1S/C12H8Br2N2O4/c13-7-4-6(10(17)9(14)11(7)18)5-15-16-12(19)8-2-1-3-20-8/h1-5,17-18H,(H,16,19)/b15-5+. The number of carbonyl (C=O) groups is 1. The van der Waals surface area contributed by atoms with E-state index in [1.165, 1.54) is 24.6 Å². The summed E-state index contributed by atoms with van der Waals surface area (Å²) in [4.78, 5) is 11.5. The third kappa shape index (κ3) is 3.02. The fourth-order valence-electron chi connectivity index (χ4n) is 1.34. The lowest BCUT2D eigenvalue weighted by molar-refractivity contribution is 0.0927. The second kappa shape index (κ2) is 6.10. The molecule has 0 aliphatic carbocycles. The van der Waals surface area contributed by atoms with Crippen LogP contribution >= 0.6 is 31.9 Å². The third-order valence-electron chi connectivity index (χ3n) is 2.31. The number of benzene rings is 1. The van der Waals surface area contributed by atoms with Gasteiger partial charge in [-0.1, -0.05) is 0 Å². The van der Waals surface area contributed by atoms with Crippen LogP contribution < -0.4 is 5.43 Å². The zero-order valence-corrected chi connectivity index (χ0v) is 13.0. The number of rotatable bonds is 3. The van der Waals surface area contributed by atoms with E-state index in [0.29, 0.717) is 10.0 Å². The van der Waals surface area contributed by atoms with Crippen LogP contribution in [0.2, 0.25) is 0 Å². The van der Waals surface area contributed by atoms with Gasteiger partial charge in [0.25, 0.3) is 0 Å². The smallest absolute Gasteiger partial charge is 0.307 e. The summed E-state index contributed by atoms with van der Waals surface area (Å²) in [5, 5.41) is 23.1. The predicted molar refractivity (Wildman–Crippen MR) is 78.9 cm³/mol. The number of halogens is 2. The second-order valence-electron chi connectivity index (χ2n) is 3.64. The van der Waals surface area contributed by atoms with Crippen LogP contribution in [0, 0.1) is 0 Å². The number of carbonyl (C=O) groups excluding carboxylic acids is 1. The quantitative estimate of drug-likeness (QED) is 0.542. The SMILES string of the molecule is O=C(N/N=C/c1cc(Br)c(O)c(Br)c1O)c1ccco1. The van der Waals surface area contributed by atoms with E-state index < -0.39 is 5.91 Å². The van der Waals surface area contributed by atoms with Gasteiger partial charge in [0.15, 0.2) is 5.76 Å². The van der Waals surface area contributed by atoms with Crippen molar-refractivity contribution in [3.05, 3.63) is 44.7 Å². The molecule has 2 aromatic rings. The zero-order valence-electron chi connectivity index (χ0n) is 9.80. The molecule has 0 bridgehead atoms. The lowest BCUT2D eigenvalue weighted by atomic mass is 10.2. The number of nitrogens with one attached hydrogen (secondary N) is 1. The summed E-state index contributed by atoms with van der Waals surface area (Å²) in [5.74, 6) is -0.706. The number of hydrogen-bond acceptors (Lipinski definition) is 5. The van der Waals surface area contributed by atoms with E-state index in [-0.39, 0.29) is 21.7 Å². The molecule has 20 heavy (non-hydrogen) atoms. The molecule has 2 rings (SSSR count). The van der Waals surface area contributed by atoms with Crippen molar-refractivity contribution in [2.75, 3.05) is 0 Å². The van der Waals surface area contributed by atoms with Crippen LogP contribution in [0.1, 0.15) is 16.1 Å². The van der Waals surface area contributed by atoms with Gasteiger partial charge < -0.3 is 14.6 Å². The Morgan fingerprint density at radius 3 is 2.75 bits per heavy atom. The van der Waals surface area contributed by atoms with Crippen LogP contribution in [-0.4, -0.2) is 22.3 Å². The molecule has 0 saturated heterocycles. The number of hydrogen-bond donors (Lipinski definition) is 3. The maximum atomic E-state index is 11.5. The van der Waals surface area contributed by atoms with Gasteiger partial charge in [0.2, 0.25) is 0 Å². The first-order valence-electron chi connectivity index (χ1n) is 5.27. The van der Waals surface area contributed by atoms with Crippen molar-refractivity contribution in [2.45, 2.75) is 0 Å². The first kappa shape index (κ1) is 14.6. The van der Waals surface area contributed by atoms with Crippen LogP contribution in [0.5, 0.6) is 11.5 Å². The minimum Gasteiger partial charge on any atom is -0.506 e. The molecule has 0 fully saturated rings. The normalized spacial score (nSPS) is 10.9. The number of amides is 1. The van der Waals surface area contributed by atoms with Gasteiger partial charge in [0.1, 0.15) is 16.0 Å². The largest absolute Gasteiger partial charge is 0.506 e. The summed E-state index contributed by atoms with van der Waals surface area (Å²) in [5.41, 5.74) is 2.55. The molecule has 6 nitrogen and oxygen atoms in total. The highest BCUT2D eigenvalue weighted by molar-refractivity contribution is 9.11. The van der Waals surface area contributed by atoms with E-state index in [4.69, 9.17) is 4.42 Å². The Morgan fingerprint density at radius 2 is 2.10 bits per heavy atom. The second-order valence-corrected chi connectivity index (χ2v) is 5.28. The van der Waals surface area contributed by atoms with E-state index >= 15 is 0 Å². The lowest BCUT2D eigenvalue weighted by Crippen LogP contribution is -2.16. The van der Waals surface area contributed by atoms with E-state index in [0.717, 1.165) is 0 Å². The molecular weight excluding hydrogens is 396 g/mol. The maximum absolute atomic E-state index is 11.5. The molecule has 0 unspecified atom stereocenters. The van der Waals surface area contributed by atoms with Crippen molar-refractivity contribution < 1.29 is 19.4 Å². The number of hydrazone groups is 1. The highest BCUT2D eigenvalue weighted by Crippen LogP contribution is 2.40. The molecule has 1 heterocycles. The monoisotopic (exact) mass is 402 g/mol. The average molecular weight is 404 g/mol. The molecule has 0 saturated carbocycles. The van der Waals surface area contributed by atoms with Crippen molar-refractivity contribution in [2.24, 2.45) is 5.10 Å². The number of phenolic OH excluding ortho intramolecular Hbond substituents is 2. The van der Waals surface area contributed by atoms with Gasteiger partial charge >= 0.3 is 5.91 Å². The van der Waals surface area contributed by atoms with Gasteiger partial charge in [-0.15, -0.1) is 0 Å². The topological polar surface area (TPSA) is 95.1 Å².